The molecule has 4 atom stereocenters. The first kappa shape index (κ1) is 26.7. The highest BCUT2D eigenvalue weighted by Gasteiger charge is 2.53. The zero-order valence-corrected chi connectivity index (χ0v) is 23.4. The van der Waals surface area contributed by atoms with E-state index in [2.05, 4.69) is 72.7 Å². The lowest BCUT2D eigenvalue weighted by Gasteiger charge is -2.44. The Morgan fingerprint density at radius 1 is 1.06 bits per heavy atom. The van der Waals surface area contributed by atoms with Crippen molar-refractivity contribution >= 4 is 22.5 Å². The van der Waals surface area contributed by atoms with E-state index in [0.717, 1.165) is 0 Å². The standard InChI is InChI=1S/C22H40N4O4Si2/c1-14-16(29-31(8,9)21(2,3)4)17(30-32(10,11)22(5,6)7)19(28-14)26-13-15(12-23)18(24)25-20(26)27/h13-14,16-17,19H,1-11H3,(H2,24,25,27)/t14-,16-,17-,19-/m1/s1. The SMILES string of the molecule is C[C@H]1O[C@@H](n2cc(C#N)c(N)nc2=O)[C@H](O[Si](C)(C)C(C)(C)C)[C@@H]1O[Si](C)(C)C(C)(C)C. The number of nitrogens with zero attached hydrogens (tertiary/aromatic N) is 3. The van der Waals surface area contributed by atoms with Gasteiger partial charge in [0.2, 0.25) is 0 Å². The molecule has 1 aromatic heterocycles. The molecule has 180 valence electrons. The van der Waals surface area contributed by atoms with Crippen LogP contribution in [-0.4, -0.2) is 44.5 Å². The van der Waals surface area contributed by atoms with Gasteiger partial charge in [0.15, 0.2) is 22.9 Å². The molecule has 0 saturated carbocycles. The number of nitrogen functional groups attached to an aromatic ring is 1. The van der Waals surface area contributed by atoms with Crippen molar-refractivity contribution in [2.45, 2.75) is 109 Å². The van der Waals surface area contributed by atoms with Crippen LogP contribution in [0.5, 0.6) is 0 Å². The Kier molecular flexibility index (Phi) is 7.26. The van der Waals surface area contributed by atoms with Gasteiger partial charge in [0.25, 0.3) is 0 Å². The Morgan fingerprint density at radius 3 is 1.97 bits per heavy atom. The summed E-state index contributed by atoms with van der Waals surface area (Å²) in [6.45, 7) is 23.7. The number of nitriles is 1. The van der Waals surface area contributed by atoms with E-state index in [4.69, 9.17) is 19.3 Å². The van der Waals surface area contributed by atoms with Gasteiger partial charge >= 0.3 is 5.69 Å². The number of rotatable bonds is 5. The van der Waals surface area contributed by atoms with Crippen molar-refractivity contribution in [2.75, 3.05) is 5.73 Å². The molecule has 0 aliphatic carbocycles. The van der Waals surface area contributed by atoms with Crippen LogP contribution < -0.4 is 11.4 Å². The van der Waals surface area contributed by atoms with Gasteiger partial charge in [-0.25, -0.2) is 4.79 Å². The van der Waals surface area contributed by atoms with Crippen LogP contribution in [0.15, 0.2) is 11.0 Å². The molecule has 2 rings (SSSR count). The largest absolute Gasteiger partial charge is 0.409 e. The molecule has 0 aromatic carbocycles. The van der Waals surface area contributed by atoms with E-state index < -0.39 is 34.7 Å². The summed E-state index contributed by atoms with van der Waals surface area (Å²) >= 11 is 0. The normalized spacial score (nSPS) is 25.1. The Labute approximate surface area is 194 Å². The Bertz CT molecular complexity index is 941. The van der Waals surface area contributed by atoms with Crippen molar-refractivity contribution < 1.29 is 13.6 Å². The van der Waals surface area contributed by atoms with Crippen molar-refractivity contribution in [3.63, 3.8) is 0 Å². The Balaban J connectivity index is 2.60. The van der Waals surface area contributed by atoms with Gasteiger partial charge in [-0.2, -0.15) is 10.2 Å². The second-order valence-corrected chi connectivity index (χ2v) is 21.3. The molecule has 0 amide bonds. The number of nitrogens with two attached hydrogens (primary N) is 1. The van der Waals surface area contributed by atoms with Crippen molar-refractivity contribution in [2.24, 2.45) is 0 Å². The van der Waals surface area contributed by atoms with E-state index in [9.17, 15) is 10.1 Å². The summed E-state index contributed by atoms with van der Waals surface area (Å²) in [5.74, 6) is -0.0873. The van der Waals surface area contributed by atoms with Crippen molar-refractivity contribution in [3.05, 3.63) is 22.2 Å². The molecule has 2 N–H and O–H groups in total. The van der Waals surface area contributed by atoms with E-state index in [-0.39, 0.29) is 33.7 Å². The minimum Gasteiger partial charge on any atom is -0.409 e. The van der Waals surface area contributed by atoms with Crippen LogP contribution in [-0.2, 0) is 13.6 Å². The first-order chi connectivity index (χ1) is 14.3. The average Bonchev–Trinajstić information content (AvgIpc) is 2.88. The fourth-order valence-electron chi connectivity index (χ4n) is 3.10. The van der Waals surface area contributed by atoms with E-state index >= 15 is 0 Å². The molecular formula is C22H40N4O4Si2. The second-order valence-electron chi connectivity index (χ2n) is 11.8. The molecular weight excluding hydrogens is 440 g/mol. The third kappa shape index (κ3) is 5.17. The van der Waals surface area contributed by atoms with Gasteiger partial charge < -0.3 is 19.3 Å². The number of ether oxygens (including phenoxy) is 1. The zero-order valence-electron chi connectivity index (χ0n) is 21.4. The number of hydrogen-bond donors (Lipinski definition) is 1. The molecule has 32 heavy (non-hydrogen) atoms. The predicted octanol–water partition coefficient (Wildman–Crippen LogP) is 4.40. The summed E-state index contributed by atoms with van der Waals surface area (Å²) in [5.41, 5.74) is 5.30. The molecule has 2 heterocycles. The van der Waals surface area contributed by atoms with Gasteiger partial charge in [-0.15, -0.1) is 0 Å². The van der Waals surface area contributed by atoms with Crippen LogP contribution in [0.2, 0.25) is 36.3 Å². The molecule has 0 radical (unpaired) electrons. The number of aromatic nitrogens is 2. The van der Waals surface area contributed by atoms with E-state index in [1.54, 1.807) is 0 Å². The van der Waals surface area contributed by atoms with Crippen molar-refractivity contribution in [3.8, 4) is 6.07 Å². The van der Waals surface area contributed by atoms with E-state index in [0.29, 0.717) is 0 Å². The Hall–Kier alpha value is -1.52. The molecule has 1 aromatic rings. The average molecular weight is 481 g/mol. The van der Waals surface area contributed by atoms with Gasteiger partial charge in [-0.1, -0.05) is 41.5 Å². The molecule has 1 saturated heterocycles. The smallest absolute Gasteiger partial charge is 0.351 e. The summed E-state index contributed by atoms with van der Waals surface area (Å²) < 4.78 is 21.3. The van der Waals surface area contributed by atoms with Gasteiger partial charge in [0.05, 0.1) is 6.10 Å². The topological polar surface area (TPSA) is 112 Å². The molecule has 1 fully saturated rings. The monoisotopic (exact) mass is 480 g/mol. The molecule has 0 spiro atoms. The minimum atomic E-state index is -2.26. The van der Waals surface area contributed by atoms with Gasteiger partial charge in [0, 0.05) is 6.20 Å². The first-order valence-corrected chi connectivity index (χ1v) is 16.9. The molecule has 1 aliphatic rings. The third-order valence-corrected chi connectivity index (χ3v) is 16.2. The maximum absolute atomic E-state index is 12.8. The van der Waals surface area contributed by atoms with Crippen LogP contribution in [0.4, 0.5) is 5.82 Å². The lowest BCUT2D eigenvalue weighted by Crippen LogP contribution is -2.53. The summed E-state index contributed by atoms with van der Waals surface area (Å²) in [6.07, 6.45) is -0.529. The quantitative estimate of drug-likeness (QED) is 0.622. The molecule has 0 unspecified atom stereocenters. The number of hydrogen-bond acceptors (Lipinski definition) is 7. The number of anilines is 1. The van der Waals surface area contributed by atoms with Crippen LogP contribution in [0.25, 0.3) is 0 Å². The molecule has 8 nitrogen and oxygen atoms in total. The molecule has 0 bridgehead atoms. The summed E-state index contributed by atoms with van der Waals surface area (Å²) in [6, 6.07) is 1.99. The van der Waals surface area contributed by atoms with Gasteiger partial charge in [0.1, 0.15) is 29.7 Å². The first-order valence-electron chi connectivity index (χ1n) is 11.1. The molecule has 10 heteroatoms. The van der Waals surface area contributed by atoms with Crippen molar-refractivity contribution in [1.82, 2.24) is 9.55 Å². The van der Waals surface area contributed by atoms with Crippen LogP contribution in [0.3, 0.4) is 0 Å². The highest BCUT2D eigenvalue weighted by Crippen LogP contribution is 2.45. The fraction of sp³-hybridized carbons (Fsp3) is 0.773. The summed E-state index contributed by atoms with van der Waals surface area (Å²) in [4.78, 5) is 16.6. The maximum atomic E-state index is 12.8. The van der Waals surface area contributed by atoms with Crippen LogP contribution in [0, 0.1) is 11.3 Å². The maximum Gasteiger partial charge on any atom is 0.351 e. The van der Waals surface area contributed by atoms with Gasteiger partial charge in [-0.3, -0.25) is 4.57 Å². The third-order valence-electron chi connectivity index (χ3n) is 7.27. The second kappa shape index (κ2) is 8.68. The summed E-state index contributed by atoms with van der Waals surface area (Å²) in [7, 11) is -4.42. The van der Waals surface area contributed by atoms with Crippen LogP contribution in [0.1, 0.15) is 60.3 Å². The van der Waals surface area contributed by atoms with E-state index in [1.807, 2.05) is 13.0 Å². The predicted molar refractivity (Wildman–Crippen MR) is 131 cm³/mol. The lowest BCUT2D eigenvalue weighted by molar-refractivity contribution is -0.0310. The Morgan fingerprint density at radius 2 is 1.53 bits per heavy atom. The highest BCUT2D eigenvalue weighted by atomic mass is 28.4. The van der Waals surface area contributed by atoms with Crippen LogP contribution >= 0.6 is 0 Å². The summed E-state index contributed by atoms with van der Waals surface area (Å²) in [5, 5.41) is 9.36. The van der Waals surface area contributed by atoms with Crippen molar-refractivity contribution in [1.29, 1.82) is 5.26 Å². The zero-order chi connectivity index (χ0) is 24.9. The highest BCUT2D eigenvalue weighted by molar-refractivity contribution is 6.74. The minimum absolute atomic E-state index is 0.000100. The van der Waals surface area contributed by atoms with E-state index in [1.165, 1.54) is 10.8 Å². The molecule has 1 aliphatic heterocycles. The van der Waals surface area contributed by atoms with Gasteiger partial charge in [-0.05, 0) is 43.2 Å². The fourth-order valence-corrected chi connectivity index (χ4v) is 5.74. The lowest BCUT2D eigenvalue weighted by atomic mass is 10.1.